The van der Waals surface area contributed by atoms with Crippen molar-refractivity contribution in [1.29, 1.82) is 0 Å². The third-order valence-electron chi connectivity index (χ3n) is 4.57. The number of amides is 1. The number of benzene rings is 2. The lowest BCUT2D eigenvalue weighted by Crippen LogP contribution is -2.25. The fourth-order valence-electron chi connectivity index (χ4n) is 3.06. The number of carbonyl (C=O) groups excluding carboxylic acids is 2. The van der Waals surface area contributed by atoms with Crippen molar-refractivity contribution < 1.29 is 18.4 Å². The first-order valence-electron chi connectivity index (χ1n) is 9.28. The minimum Gasteiger partial charge on any atom is -0.463 e. The van der Waals surface area contributed by atoms with E-state index in [1.54, 1.807) is 48.9 Å². The molecule has 2 aromatic carbocycles. The molecular formula is C24H17FN2O3. The molecule has 4 aromatic rings. The summed E-state index contributed by atoms with van der Waals surface area (Å²) in [4.78, 5) is 29.9. The van der Waals surface area contributed by atoms with E-state index in [2.05, 4.69) is 10.3 Å². The highest BCUT2D eigenvalue weighted by Crippen LogP contribution is 2.19. The van der Waals surface area contributed by atoms with Crippen molar-refractivity contribution in [2.45, 2.75) is 6.54 Å². The predicted octanol–water partition coefficient (Wildman–Crippen LogP) is 4.64. The maximum atomic E-state index is 13.2. The zero-order valence-corrected chi connectivity index (χ0v) is 15.8. The summed E-state index contributed by atoms with van der Waals surface area (Å²) in [5.41, 5.74) is 2.33. The molecule has 5 nitrogen and oxygen atoms in total. The van der Waals surface area contributed by atoms with Crippen molar-refractivity contribution in [1.82, 2.24) is 10.3 Å². The lowest BCUT2D eigenvalue weighted by atomic mass is 9.98. The third kappa shape index (κ3) is 4.17. The molecule has 0 unspecified atom stereocenters. The summed E-state index contributed by atoms with van der Waals surface area (Å²) in [6, 6.07) is 19.0. The second-order valence-corrected chi connectivity index (χ2v) is 6.59. The summed E-state index contributed by atoms with van der Waals surface area (Å²) in [6.07, 6.45) is 3.21. The van der Waals surface area contributed by atoms with Crippen LogP contribution >= 0.6 is 0 Å². The van der Waals surface area contributed by atoms with E-state index in [4.69, 9.17) is 4.42 Å². The molecule has 2 aromatic heterocycles. The molecule has 148 valence electrons. The Morgan fingerprint density at radius 3 is 2.43 bits per heavy atom. The fourth-order valence-corrected chi connectivity index (χ4v) is 3.06. The molecular weight excluding hydrogens is 383 g/mol. The van der Waals surface area contributed by atoms with E-state index in [-0.39, 0.29) is 29.4 Å². The van der Waals surface area contributed by atoms with Crippen LogP contribution in [0.15, 0.2) is 89.7 Å². The first kappa shape index (κ1) is 19.3. The average molecular weight is 400 g/mol. The standard InChI is InChI=1S/C24H17FN2O3/c25-18-9-7-17(8-10-18)23(28)19-4-1-2-5-20(19)24(29)27-15-16-11-12-26-21(14-16)22-6-3-13-30-22/h1-14H,15H2,(H,27,29). The Balaban J connectivity index is 1.51. The number of nitrogens with zero attached hydrogens (tertiary/aromatic N) is 1. The summed E-state index contributed by atoms with van der Waals surface area (Å²) in [7, 11) is 0. The van der Waals surface area contributed by atoms with Crippen molar-refractivity contribution in [3.8, 4) is 11.5 Å². The van der Waals surface area contributed by atoms with Crippen LogP contribution in [0.2, 0.25) is 0 Å². The summed E-state index contributed by atoms with van der Waals surface area (Å²) >= 11 is 0. The van der Waals surface area contributed by atoms with Gasteiger partial charge < -0.3 is 9.73 Å². The van der Waals surface area contributed by atoms with Gasteiger partial charge in [-0.05, 0) is 60.2 Å². The molecule has 0 fully saturated rings. The molecule has 6 heteroatoms. The van der Waals surface area contributed by atoms with Crippen molar-refractivity contribution in [3.05, 3.63) is 113 Å². The van der Waals surface area contributed by atoms with Crippen LogP contribution in [-0.2, 0) is 6.54 Å². The van der Waals surface area contributed by atoms with Gasteiger partial charge in [-0.1, -0.05) is 18.2 Å². The van der Waals surface area contributed by atoms with Gasteiger partial charge in [-0.2, -0.15) is 0 Å². The van der Waals surface area contributed by atoms with Gasteiger partial charge in [0.1, 0.15) is 11.5 Å². The van der Waals surface area contributed by atoms with E-state index in [9.17, 15) is 14.0 Å². The first-order chi connectivity index (χ1) is 14.6. The van der Waals surface area contributed by atoms with E-state index in [1.165, 1.54) is 24.3 Å². The Kier molecular flexibility index (Phi) is 5.48. The van der Waals surface area contributed by atoms with Crippen LogP contribution < -0.4 is 5.32 Å². The van der Waals surface area contributed by atoms with E-state index in [0.29, 0.717) is 17.0 Å². The molecule has 0 saturated carbocycles. The van der Waals surface area contributed by atoms with Gasteiger partial charge in [0.15, 0.2) is 11.5 Å². The van der Waals surface area contributed by atoms with Crippen LogP contribution in [0.5, 0.6) is 0 Å². The monoisotopic (exact) mass is 400 g/mol. The maximum absolute atomic E-state index is 13.2. The summed E-state index contributed by atoms with van der Waals surface area (Å²) in [5, 5.41) is 2.83. The SMILES string of the molecule is O=C(NCc1ccnc(-c2ccco2)c1)c1ccccc1C(=O)c1ccc(F)cc1. The Hall–Kier alpha value is -4.06. The quantitative estimate of drug-likeness (QED) is 0.479. The second-order valence-electron chi connectivity index (χ2n) is 6.59. The molecule has 4 rings (SSSR count). The number of rotatable bonds is 6. The molecule has 0 aliphatic heterocycles. The summed E-state index contributed by atoms with van der Waals surface area (Å²) in [5.74, 6) is -0.510. The molecule has 0 spiro atoms. The van der Waals surface area contributed by atoms with Crippen molar-refractivity contribution in [2.75, 3.05) is 0 Å². The normalized spacial score (nSPS) is 10.6. The zero-order chi connectivity index (χ0) is 20.9. The smallest absolute Gasteiger partial charge is 0.252 e. The van der Waals surface area contributed by atoms with Gasteiger partial charge in [0.25, 0.3) is 5.91 Å². The molecule has 0 radical (unpaired) electrons. The number of furan rings is 1. The number of halogens is 1. The molecule has 0 bridgehead atoms. The second kappa shape index (κ2) is 8.53. The number of aromatic nitrogens is 1. The number of ketones is 1. The van der Waals surface area contributed by atoms with Crippen LogP contribution in [0, 0.1) is 5.82 Å². The minimum absolute atomic E-state index is 0.257. The van der Waals surface area contributed by atoms with Crippen molar-refractivity contribution in [2.24, 2.45) is 0 Å². The predicted molar refractivity (Wildman–Crippen MR) is 109 cm³/mol. The number of hydrogen-bond acceptors (Lipinski definition) is 4. The Labute approximate surface area is 172 Å². The van der Waals surface area contributed by atoms with Gasteiger partial charge in [-0.15, -0.1) is 0 Å². The van der Waals surface area contributed by atoms with Crippen LogP contribution in [0.25, 0.3) is 11.5 Å². The number of hydrogen-bond donors (Lipinski definition) is 1. The van der Waals surface area contributed by atoms with Crippen LogP contribution in [0.1, 0.15) is 31.8 Å². The van der Waals surface area contributed by atoms with Gasteiger partial charge in [-0.25, -0.2) is 4.39 Å². The average Bonchev–Trinajstić information content (AvgIpc) is 3.33. The topological polar surface area (TPSA) is 72.2 Å². The van der Waals surface area contributed by atoms with E-state index < -0.39 is 5.82 Å². The number of pyridine rings is 1. The van der Waals surface area contributed by atoms with Crippen LogP contribution in [0.3, 0.4) is 0 Å². The molecule has 2 heterocycles. The zero-order valence-electron chi connectivity index (χ0n) is 15.8. The fraction of sp³-hybridized carbons (Fsp3) is 0.0417. The summed E-state index contributed by atoms with van der Waals surface area (Å²) in [6.45, 7) is 0.258. The van der Waals surface area contributed by atoms with E-state index in [0.717, 1.165) is 5.56 Å². The minimum atomic E-state index is -0.427. The molecule has 1 N–H and O–H groups in total. The van der Waals surface area contributed by atoms with Gasteiger partial charge in [-0.3, -0.25) is 14.6 Å². The van der Waals surface area contributed by atoms with Crippen molar-refractivity contribution >= 4 is 11.7 Å². The molecule has 0 aliphatic carbocycles. The van der Waals surface area contributed by atoms with Gasteiger partial charge >= 0.3 is 0 Å². The highest BCUT2D eigenvalue weighted by molar-refractivity contribution is 6.15. The van der Waals surface area contributed by atoms with Crippen LogP contribution in [-0.4, -0.2) is 16.7 Å². The number of nitrogens with one attached hydrogen (secondary N) is 1. The largest absolute Gasteiger partial charge is 0.463 e. The molecule has 30 heavy (non-hydrogen) atoms. The molecule has 0 aliphatic rings. The molecule has 0 atom stereocenters. The highest BCUT2D eigenvalue weighted by Gasteiger charge is 2.18. The van der Waals surface area contributed by atoms with Gasteiger partial charge in [0.2, 0.25) is 0 Å². The van der Waals surface area contributed by atoms with E-state index in [1.807, 2.05) is 12.1 Å². The Morgan fingerprint density at radius 1 is 0.933 bits per heavy atom. The van der Waals surface area contributed by atoms with Crippen LogP contribution in [0.4, 0.5) is 4.39 Å². The van der Waals surface area contributed by atoms with Gasteiger partial charge in [0, 0.05) is 23.9 Å². The number of carbonyl (C=O) groups is 2. The highest BCUT2D eigenvalue weighted by atomic mass is 19.1. The third-order valence-corrected chi connectivity index (χ3v) is 4.57. The maximum Gasteiger partial charge on any atom is 0.252 e. The van der Waals surface area contributed by atoms with Gasteiger partial charge in [0.05, 0.1) is 11.8 Å². The Bertz CT molecular complexity index is 1190. The van der Waals surface area contributed by atoms with Crippen molar-refractivity contribution in [3.63, 3.8) is 0 Å². The van der Waals surface area contributed by atoms with E-state index >= 15 is 0 Å². The summed E-state index contributed by atoms with van der Waals surface area (Å²) < 4.78 is 18.5. The lowest BCUT2D eigenvalue weighted by molar-refractivity contribution is 0.0939. The molecule has 1 amide bonds. The molecule has 0 saturated heterocycles. The Morgan fingerprint density at radius 2 is 1.70 bits per heavy atom. The first-order valence-corrected chi connectivity index (χ1v) is 9.28. The lowest BCUT2D eigenvalue weighted by Gasteiger charge is -2.10.